The summed E-state index contributed by atoms with van der Waals surface area (Å²) in [5.41, 5.74) is 0. The van der Waals surface area contributed by atoms with Gasteiger partial charge in [0.25, 0.3) is 0 Å². The lowest BCUT2D eigenvalue weighted by Gasteiger charge is -2.25. The maximum absolute atomic E-state index is 3.83. The van der Waals surface area contributed by atoms with Crippen LogP contribution in [-0.4, -0.2) is 5.07 Å². The van der Waals surface area contributed by atoms with Gasteiger partial charge in [0.05, 0.1) is 0 Å². The Morgan fingerprint density at radius 2 is 0.810 bits per heavy atom. The highest BCUT2D eigenvalue weighted by atomic mass is 79.9. The Kier molecular flexibility index (Phi) is 4.53. The van der Waals surface area contributed by atoms with Gasteiger partial charge in [0.15, 0.2) is 0 Å². The molecule has 0 aromatic heterocycles. The summed E-state index contributed by atoms with van der Waals surface area (Å²) >= 11 is 3.83. The number of benzene rings is 3. The number of hydrogen-bond donors (Lipinski definition) is 0. The van der Waals surface area contributed by atoms with Crippen LogP contribution in [-0.2, 0) is 0 Å². The first-order chi connectivity index (χ1) is 10.4. The summed E-state index contributed by atoms with van der Waals surface area (Å²) in [4.78, 5) is 0. The van der Waals surface area contributed by atoms with E-state index in [4.69, 9.17) is 0 Å². The van der Waals surface area contributed by atoms with Gasteiger partial charge in [0, 0.05) is 0 Å². The minimum absolute atomic E-state index is 0.956. The van der Waals surface area contributed by atoms with Crippen molar-refractivity contribution in [3.8, 4) is 0 Å². The average Bonchev–Trinajstić information content (AvgIpc) is 2.59. The Hall–Kier alpha value is -1.43. The van der Waals surface area contributed by atoms with E-state index in [2.05, 4.69) is 107 Å². The lowest BCUT2D eigenvalue weighted by molar-refractivity contribution is 1.71. The summed E-state index contributed by atoms with van der Waals surface area (Å²) in [6.07, 6.45) is 0. The molecule has 104 valence electrons. The molecule has 3 aromatic rings. The van der Waals surface area contributed by atoms with E-state index in [0.29, 0.717) is 0 Å². The molecule has 0 atom stereocenters. The van der Waals surface area contributed by atoms with E-state index in [9.17, 15) is 0 Å². The lowest BCUT2D eigenvalue weighted by atomic mass is 10.4. The molecule has 0 nitrogen and oxygen atoms in total. The van der Waals surface area contributed by atoms with Gasteiger partial charge in [0.1, 0.15) is 28.2 Å². The normalized spacial score (nSPS) is 11.3. The highest BCUT2D eigenvalue weighted by molar-refractivity contribution is 9.10. The van der Waals surface area contributed by atoms with Crippen molar-refractivity contribution in [3.63, 3.8) is 0 Å². The van der Waals surface area contributed by atoms with Crippen molar-refractivity contribution < 1.29 is 0 Å². The molecule has 2 heteroatoms. The molecule has 0 radical (unpaired) electrons. The van der Waals surface area contributed by atoms with Gasteiger partial charge in [-0.05, 0) is 52.3 Å². The molecule has 0 amide bonds. The van der Waals surface area contributed by atoms with Gasteiger partial charge in [-0.15, -0.1) is 0 Å². The Morgan fingerprint density at radius 1 is 0.524 bits per heavy atom. The van der Waals surface area contributed by atoms with Crippen molar-refractivity contribution >= 4 is 39.1 Å². The summed E-state index contributed by atoms with van der Waals surface area (Å²) in [6, 6.07) is 32.6. The number of alkyl halides is 1. The largest absolute Gasteiger partial charge is 0.127 e. The summed E-state index contributed by atoms with van der Waals surface area (Å²) in [5.74, 6) is 0. The van der Waals surface area contributed by atoms with Crippen molar-refractivity contribution in [1.82, 2.24) is 0 Å². The van der Waals surface area contributed by atoms with Gasteiger partial charge in [-0.3, -0.25) is 0 Å². The van der Waals surface area contributed by atoms with Crippen molar-refractivity contribution in [2.24, 2.45) is 0 Å². The van der Waals surface area contributed by atoms with E-state index in [-0.39, 0.29) is 0 Å². The molecule has 0 aliphatic rings. The van der Waals surface area contributed by atoms with Gasteiger partial charge in [-0.25, -0.2) is 0 Å². The van der Waals surface area contributed by atoms with Gasteiger partial charge >= 0.3 is 0 Å². The van der Waals surface area contributed by atoms with Gasteiger partial charge in [-0.2, -0.15) is 0 Å². The van der Waals surface area contributed by atoms with E-state index in [0.717, 1.165) is 5.07 Å². The van der Waals surface area contributed by atoms with Crippen molar-refractivity contribution in [3.05, 3.63) is 91.0 Å². The van der Waals surface area contributed by atoms with Crippen LogP contribution < -0.4 is 15.9 Å². The van der Waals surface area contributed by atoms with E-state index in [1.165, 1.54) is 15.9 Å². The smallest absolute Gasteiger partial charge is 0.0620 e. The third-order valence-corrected chi connectivity index (χ3v) is 9.92. The molecule has 21 heavy (non-hydrogen) atoms. The molecule has 0 saturated carbocycles. The minimum atomic E-state index is -1.62. The van der Waals surface area contributed by atoms with E-state index in [1.54, 1.807) is 0 Å². The maximum atomic E-state index is 3.83. The van der Waals surface area contributed by atoms with Crippen LogP contribution in [0.3, 0.4) is 0 Å². The topological polar surface area (TPSA) is 0 Å². The summed E-state index contributed by atoms with van der Waals surface area (Å²) in [5, 5.41) is 5.20. The minimum Gasteiger partial charge on any atom is -0.0620 e. The average molecular weight is 356 g/mol. The van der Waals surface area contributed by atoms with Gasteiger partial charge < -0.3 is 0 Å². The second-order valence-electron chi connectivity index (χ2n) is 4.94. The third-order valence-electron chi connectivity index (χ3n) is 3.77. The molecule has 3 aromatic carbocycles. The fourth-order valence-electron chi connectivity index (χ4n) is 2.70. The Morgan fingerprint density at radius 3 is 1.05 bits per heavy atom. The number of hydrogen-bond acceptors (Lipinski definition) is 0. The molecule has 0 saturated heterocycles. The van der Waals surface area contributed by atoms with Crippen LogP contribution in [0.4, 0.5) is 0 Å². The van der Waals surface area contributed by atoms with Crippen LogP contribution in [0.1, 0.15) is 0 Å². The molecule has 0 aliphatic carbocycles. The fraction of sp³-hybridized carbons (Fsp3) is 0.0526. The quantitative estimate of drug-likeness (QED) is 0.482. The first kappa shape index (κ1) is 14.5. The second-order valence-corrected chi connectivity index (χ2v) is 9.85. The predicted molar refractivity (Wildman–Crippen MR) is 98.9 cm³/mol. The van der Waals surface area contributed by atoms with Gasteiger partial charge in [-0.1, -0.05) is 54.6 Å². The molecule has 0 aliphatic heterocycles. The molecule has 0 N–H and O–H groups in total. The highest BCUT2D eigenvalue weighted by Crippen LogP contribution is 2.56. The Labute approximate surface area is 135 Å². The highest BCUT2D eigenvalue weighted by Gasteiger charge is 2.44. The zero-order valence-electron chi connectivity index (χ0n) is 11.7. The van der Waals surface area contributed by atoms with Crippen molar-refractivity contribution in [1.29, 1.82) is 0 Å². The molecule has 3 rings (SSSR count). The zero-order chi connectivity index (χ0) is 14.5. The van der Waals surface area contributed by atoms with Crippen molar-refractivity contribution in [2.75, 3.05) is 5.07 Å². The van der Waals surface area contributed by atoms with E-state index >= 15 is 0 Å². The van der Waals surface area contributed by atoms with Crippen LogP contribution in [0.25, 0.3) is 0 Å². The van der Waals surface area contributed by atoms with Crippen molar-refractivity contribution in [2.45, 2.75) is 0 Å². The number of halogens is 1. The molecule has 0 unspecified atom stereocenters. The molecule has 0 fully saturated rings. The van der Waals surface area contributed by atoms with Crippen LogP contribution >= 0.6 is 23.2 Å². The molecule has 0 heterocycles. The first-order valence-corrected chi connectivity index (χ1v) is 10.1. The van der Waals surface area contributed by atoms with Crippen LogP contribution in [0.15, 0.2) is 91.0 Å². The summed E-state index contributed by atoms with van der Waals surface area (Å²) < 4.78 is 0. The monoisotopic (exact) mass is 355 g/mol. The number of rotatable bonds is 4. The molecule has 0 spiro atoms. The predicted octanol–water partition coefficient (Wildman–Crippen LogP) is 4.33. The fourth-order valence-corrected chi connectivity index (χ4v) is 8.66. The van der Waals surface area contributed by atoms with Crippen LogP contribution in [0.5, 0.6) is 0 Å². The second kappa shape index (κ2) is 6.56. The zero-order valence-corrected chi connectivity index (χ0v) is 14.2. The summed E-state index contributed by atoms with van der Waals surface area (Å²) in [6.45, 7) is 0. The summed E-state index contributed by atoms with van der Waals surface area (Å²) in [7, 11) is -1.62. The third kappa shape index (κ3) is 2.69. The molecule has 0 bridgehead atoms. The standard InChI is InChI=1S/C19H17BrP/c20-16-21(17-10-4-1-5-11-17,18-12-6-2-7-13-18)19-14-8-3-9-15-19/h1-15H,16H2/q+1. The van der Waals surface area contributed by atoms with E-state index < -0.39 is 7.26 Å². The van der Waals surface area contributed by atoms with Crippen LogP contribution in [0, 0.1) is 0 Å². The molecular formula is C19H17BrP+. The van der Waals surface area contributed by atoms with E-state index in [1.807, 2.05) is 0 Å². The maximum Gasteiger partial charge on any atom is 0.127 e. The first-order valence-electron chi connectivity index (χ1n) is 6.99. The SMILES string of the molecule is BrC[P+](c1ccccc1)(c1ccccc1)c1ccccc1. The van der Waals surface area contributed by atoms with Crippen LogP contribution in [0.2, 0.25) is 0 Å². The Bertz CT molecular complexity index is 584. The lowest BCUT2D eigenvalue weighted by Crippen LogP contribution is -2.31. The van der Waals surface area contributed by atoms with Gasteiger partial charge in [0.2, 0.25) is 0 Å². The Balaban J connectivity index is 2.29. The molecular weight excluding hydrogens is 339 g/mol.